The molecule has 2 aromatic rings. The molecule has 1 N–H and O–H groups in total. The monoisotopic (exact) mass is 400 g/mol. The number of nitrogens with zero attached hydrogens (tertiary/aromatic N) is 3. The fraction of sp³-hybridized carbons (Fsp3) is 0.571. The van der Waals surface area contributed by atoms with E-state index in [2.05, 4.69) is 32.3 Å². The fourth-order valence-corrected chi connectivity index (χ4v) is 3.97. The van der Waals surface area contributed by atoms with Gasteiger partial charge in [-0.1, -0.05) is 0 Å². The van der Waals surface area contributed by atoms with Gasteiger partial charge in [-0.2, -0.15) is 0 Å². The molecule has 0 atom stereocenters. The maximum Gasteiger partial charge on any atom is 0.407 e. The zero-order valence-corrected chi connectivity index (χ0v) is 16.8. The molecular weight excluding hydrogens is 372 g/mol. The molecule has 29 heavy (non-hydrogen) atoms. The number of benzene rings is 1. The molecule has 1 aliphatic carbocycles. The van der Waals surface area contributed by atoms with Crippen LogP contribution in [0.5, 0.6) is 5.75 Å². The number of fused-ring (bicyclic) bond motifs is 1. The second kappa shape index (κ2) is 9.26. The van der Waals surface area contributed by atoms with Crippen molar-refractivity contribution < 1.29 is 19.0 Å². The molecule has 0 spiro atoms. The average molecular weight is 400 g/mol. The first kappa shape index (κ1) is 19.7. The molecular formula is C21H28N4O4. The molecule has 1 aliphatic heterocycles. The third-order valence-electron chi connectivity index (χ3n) is 5.46. The summed E-state index contributed by atoms with van der Waals surface area (Å²) in [5, 5.41) is 2.93. The first-order chi connectivity index (χ1) is 14.2. The summed E-state index contributed by atoms with van der Waals surface area (Å²) in [6.45, 7) is 5.37. The minimum absolute atomic E-state index is 0.0976. The summed E-state index contributed by atoms with van der Waals surface area (Å²) < 4.78 is 16.8. The molecule has 0 radical (unpaired) electrons. The van der Waals surface area contributed by atoms with Gasteiger partial charge in [0.15, 0.2) is 0 Å². The Balaban J connectivity index is 1.45. The SMILES string of the molecule is CCOC(=O)NC1CCC(Oc2cc(N3CCOCC3)cc3nccnc23)CC1. The lowest BCUT2D eigenvalue weighted by Gasteiger charge is -2.31. The van der Waals surface area contributed by atoms with Crippen LogP contribution in [0.25, 0.3) is 11.0 Å². The van der Waals surface area contributed by atoms with Crippen molar-refractivity contribution in [3.8, 4) is 5.75 Å². The highest BCUT2D eigenvalue weighted by atomic mass is 16.5. The molecule has 0 unspecified atom stereocenters. The molecule has 8 nitrogen and oxygen atoms in total. The molecule has 1 saturated heterocycles. The van der Waals surface area contributed by atoms with Gasteiger partial charge in [0.05, 0.1) is 31.4 Å². The van der Waals surface area contributed by atoms with Crippen LogP contribution in [-0.2, 0) is 9.47 Å². The zero-order chi connectivity index (χ0) is 20.1. The first-order valence-corrected chi connectivity index (χ1v) is 10.4. The van der Waals surface area contributed by atoms with E-state index in [0.717, 1.165) is 74.5 Å². The second-order valence-electron chi connectivity index (χ2n) is 7.42. The number of hydrogen-bond acceptors (Lipinski definition) is 7. The van der Waals surface area contributed by atoms with Gasteiger partial charge < -0.3 is 24.4 Å². The Morgan fingerprint density at radius 1 is 1.17 bits per heavy atom. The highest BCUT2D eigenvalue weighted by Crippen LogP contribution is 2.32. The predicted molar refractivity (Wildman–Crippen MR) is 109 cm³/mol. The van der Waals surface area contributed by atoms with Crippen LogP contribution in [0.2, 0.25) is 0 Å². The van der Waals surface area contributed by atoms with E-state index in [1.165, 1.54) is 0 Å². The molecule has 0 bridgehead atoms. The van der Waals surface area contributed by atoms with Gasteiger partial charge in [-0.05, 0) is 38.7 Å². The summed E-state index contributed by atoms with van der Waals surface area (Å²) in [6.07, 6.45) is 6.66. The standard InChI is InChI=1S/C21H28N4O4/c1-2-28-21(26)24-15-3-5-17(6-4-15)29-19-14-16(25-9-11-27-12-10-25)13-18-20(19)23-8-7-22-18/h7-8,13-15,17H,2-6,9-12H2,1H3,(H,24,26). The largest absolute Gasteiger partial charge is 0.488 e. The van der Waals surface area contributed by atoms with Crippen molar-refractivity contribution in [2.45, 2.75) is 44.8 Å². The Kier molecular flexibility index (Phi) is 6.29. The number of amides is 1. The number of carbonyl (C=O) groups is 1. The predicted octanol–water partition coefficient (Wildman–Crippen LogP) is 2.90. The van der Waals surface area contributed by atoms with Crippen LogP contribution in [0.15, 0.2) is 24.5 Å². The van der Waals surface area contributed by atoms with E-state index in [4.69, 9.17) is 14.2 Å². The normalized spacial score (nSPS) is 22.3. The summed E-state index contributed by atoms with van der Waals surface area (Å²) in [4.78, 5) is 22.9. The van der Waals surface area contributed by atoms with Crippen molar-refractivity contribution in [1.29, 1.82) is 0 Å². The highest BCUT2D eigenvalue weighted by molar-refractivity contribution is 5.85. The van der Waals surface area contributed by atoms with E-state index in [1.807, 2.05) is 6.92 Å². The van der Waals surface area contributed by atoms with Crippen molar-refractivity contribution in [2.75, 3.05) is 37.8 Å². The average Bonchev–Trinajstić information content (AvgIpc) is 2.76. The van der Waals surface area contributed by atoms with E-state index < -0.39 is 0 Å². The van der Waals surface area contributed by atoms with Crippen molar-refractivity contribution >= 4 is 22.8 Å². The molecule has 1 aromatic carbocycles. The lowest BCUT2D eigenvalue weighted by atomic mass is 9.93. The minimum Gasteiger partial charge on any atom is -0.488 e. The molecule has 2 fully saturated rings. The molecule has 2 heterocycles. The highest BCUT2D eigenvalue weighted by Gasteiger charge is 2.25. The zero-order valence-electron chi connectivity index (χ0n) is 16.8. The topological polar surface area (TPSA) is 85.8 Å². The van der Waals surface area contributed by atoms with Gasteiger partial charge in [-0.25, -0.2) is 9.78 Å². The van der Waals surface area contributed by atoms with Gasteiger partial charge in [-0.3, -0.25) is 4.98 Å². The summed E-state index contributed by atoms with van der Waals surface area (Å²) in [5.74, 6) is 0.777. The third kappa shape index (κ3) is 4.87. The van der Waals surface area contributed by atoms with Crippen LogP contribution in [0.1, 0.15) is 32.6 Å². The number of morpholine rings is 1. The molecule has 1 amide bonds. The Morgan fingerprint density at radius 2 is 1.93 bits per heavy atom. The fourth-order valence-electron chi connectivity index (χ4n) is 3.97. The van der Waals surface area contributed by atoms with Gasteiger partial charge in [0.1, 0.15) is 11.3 Å². The van der Waals surface area contributed by atoms with Crippen LogP contribution in [0.3, 0.4) is 0 Å². The van der Waals surface area contributed by atoms with Crippen LogP contribution < -0.4 is 15.0 Å². The van der Waals surface area contributed by atoms with Crippen LogP contribution in [0, 0.1) is 0 Å². The van der Waals surface area contributed by atoms with Crippen molar-refractivity contribution in [3.05, 3.63) is 24.5 Å². The Morgan fingerprint density at radius 3 is 2.69 bits per heavy atom. The van der Waals surface area contributed by atoms with E-state index in [1.54, 1.807) is 12.4 Å². The van der Waals surface area contributed by atoms with E-state index in [0.29, 0.717) is 6.61 Å². The van der Waals surface area contributed by atoms with Gasteiger partial charge in [0, 0.05) is 43.3 Å². The van der Waals surface area contributed by atoms with Crippen molar-refractivity contribution in [2.24, 2.45) is 0 Å². The summed E-state index contributed by atoms with van der Waals surface area (Å²) >= 11 is 0. The van der Waals surface area contributed by atoms with Crippen LogP contribution >= 0.6 is 0 Å². The molecule has 2 aliphatic rings. The summed E-state index contributed by atoms with van der Waals surface area (Å²) in [6, 6.07) is 4.29. The summed E-state index contributed by atoms with van der Waals surface area (Å²) in [5.41, 5.74) is 2.72. The first-order valence-electron chi connectivity index (χ1n) is 10.4. The lowest BCUT2D eigenvalue weighted by Crippen LogP contribution is -2.40. The number of carbonyl (C=O) groups excluding carboxylic acids is 1. The van der Waals surface area contributed by atoms with Gasteiger partial charge >= 0.3 is 6.09 Å². The maximum absolute atomic E-state index is 11.6. The number of anilines is 1. The van der Waals surface area contributed by atoms with Crippen LogP contribution in [-0.4, -0.2) is 61.1 Å². The Bertz CT molecular complexity index is 833. The number of nitrogens with one attached hydrogen (secondary N) is 1. The van der Waals surface area contributed by atoms with E-state index >= 15 is 0 Å². The van der Waals surface area contributed by atoms with E-state index in [9.17, 15) is 4.79 Å². The number of ether oxygens (including phenoxy) is 3. The Hall–Kier alpha value is -2.61. The Labute approximate surface area is 170 Å². The molecule has 1 aromatic heterocycles. The summed E-state index contributed by atoms with van der Waals surface area (Å²) in [7, 11) is 0. The number of hydrogen-bond donors (Lipinski definition) is 1. The second-order valence-corrected chi connectivity index (χ2v) is 7.42. The van der Waals surface area contributed by atoms with Gasteiger partial charge in [0.2, 0.25) is 0 Å². The van der Waals surface area contributed by atoms with Crippen LogP contribution in [0.4, 0.5) is 10.5 Å². The maximum atomic E-state index is 11.6. The van der Waals surface area contributed by atoms with Crippen molar-refractivity contribution in [3.63, 3.8) is 0 Å². The molecule has 1 saturated carbocycles. The van der Waals surface area contributed by atoms with Gasteiger partial charge in [0.25, 0.3) is 0 Å². The number of alkyl carbamates (subject to hydrolysis) is 1. The van der Waals surface area contributed by atoms with Gasteiger partial charge in [-0.15, -0.1) is 0 Å². The third-order valence-corrected chi connectivity index (χ3v) is 5.46. The van der Waals surface area contributed by atoms with E-state index in [-0.39, 0.29) is 18.2 Å². The molecule has 4 rings (SSSR count). The van der Waals surface area contributed by atoms with Crippen molar-refractivity contribution in [1.82, 2.24) is 15.3 Å². The smallest absolute Gasteiger partial charge is 0.407 e. The lowest BCUT2D eigenvalue weighted by molar-refractivity contribution is 0.121. The quantitative estimate of drug-likeness (QED) is 0.826. The number of aromatic nitrogens is 2. The molecule has 8 heteroatoms. The molecule has 156 valence electrons. The minimum atomic E-state index is -0.337. The number of rotatable bonds is 5.